The van der Waals surface area contributed by atoms with Crippen LogP contribution in [0.15, 0.2) is 24.3 Å². The summed E-state index contributed by atoms with van der Waals surface area (Å²) >= 11 is 0. The Morgan fingerprint density at radius 3 is 2.27 bits per heavy atom. The molecule has 0 bridgehead atoms. The van der Waals surface area contributed by atoms with Gasteiger partial charge in [0.1, 0.15) is 6.04 Å². The molecular weight excluding hydrogens is 302 g/mol. The molecule has 0 saturated carbocycles. The first-order chi connectivity index (χ1) is 10.3. The summed E-state index contributed by atoms with van der Waals surface area (Å²) in [6.07, 6.45) is 1.76. The average Bonchev–Trinajstić information content (AvgIpc) is 2.77. The molecule has 5 nitrogen and oxygen atoms in total. The molecule has 0 aromatic heterocycles. The Balaban J connectivity index is 1.98. The van der Waals surface area contributed by atoms with E-state index in [2.05, 4.69) is 4.72 Å². The highest BCUT2D eigenvalue weighted by Gasteiger charge is 2.30. The number of benzene rings is 1. The predicted molar refractivity (Wildman–Crippen MR) is 85.1 cm³/mol. The Kier molecular flexibility index (Phi) is 5.24. The lowest BCUT2D eigenvalue weighted by molar-refractivity contribution is -0.139. The molecule has 22 heavy (non-hydrogen) atoms. The number of rotatable bonds is 7. The highest BCUT2D eigenvalue weighted by molar-refractivity contribution is 7.89. The van der Waals surface area contributed by atoms with E-state index in [-0.39, 0.29) is 17.6 Å². The van der Waals surface area contributed by atoms with Crippen LogP contribution >= 0.6 is 0 Å². The van der Waals surface area contributed by atoms with Crippen LogP contribution in [0.2, 0.25) is 0 Å². The van der Waals surface area contributed by atoms with E-state index in [9.17, 15) is 13.2 Å². The number of hydrogen-bond donors (Lipinski definition) is 2. The third kappa shape index (κ3) is 4.55. The van der Waals surface area contributed by atoms with Gasteiger partial charge in [0.15, 0.2) is 0 Å². The van der Waals surface area contributed by atoms with Crippen LogP contribution in [0.5, 0.6) is 0 Å². The Morgan fingerprint density at radius 1 is 1.27 bits per heavy atom. The van der Waals surface area contributed by atoms with Crippen molar-refractivity contribution in [1.29, 1.82) is 0 Å². The third-order valence-electron chi connectivity index (χ3n) is 3.92. The summed E-state index contributed by atoms with van der Waals surface area (Å²) < 4.78 is 26.9. The Bertz CT molecular complexity index is 614. The van der Waals surface area contributed by atoms with Crippen LogP contribution in [-0.2, 0) is 27.7 Å². The maximum atomic E-state index is 12.3. The topological polar surface area (TPSA) is 83.5 Å². The quantitative estimate of drug-likeness (QED) is 0.801. The number of fused-ring (bicyclic) bond motifs is 1. The third-order valence-corrected chi connectivity index (χ3v) is 5.47. The number of carboxylic acid groups (broad SMARTS) is 1. The van der Waals surface area contributed by atoms with Crippen molar-refractivity contribution in [2.75, 3.05) is 5.75 Å². The molecule has 1 atom stereocenters. The molecule has 0 amide bonds. The fraction of sp³-hybridized carbons (Fsp3) is 0.562. The first kappa shape index (κ1) is 17.0. The lowest BCUT2D eigenvalue weighted by Gasteiger charge is -2.18. The van der Waals surface area contributed by atoms with E-state index in [1.807, 2.05) is 38.1 Å². The summed E-state index contributed by atoms with van der Waals surface area (Å²) in [4.78, 5) is 11.2. The van der Waals surface area contributed by atoms with Gasteiger partial charge in [0.05, 0.1) is 5.75 Å². The standard InChI is InChI=1S/C16H23NO4S/c1-11(2)7-15(16(18)19)17-22(20,21)10-12-8-13-5-3-4-6-14(13)9-12/h3-6,11-12,15,17H,7-10H2,1-2H3,(H,18,19). The lowest BCUT2D eigenvalue weighted by atomic mass is 10.1. The summed E-state index contributed by atoms with van der Waals surface area (Å²) in [6.45, 7) is 3.75. The number of carbonyl (C=O) groups is 1. The zero-order valence-corrected chi connectivity index (χ0v) is 13.8. The average molecular weight is 325 g/mol. The highest BCUT2D eigenvalue weighted by atomic mass is 32.2. The number of aliphatic carboxylic acids is 1. The number of nitrogens with one attached hydrogen (secondary N) is 1. The minimum absolute atomic E-state index is 0.0170. The molecule has 1 aliphatic carbocycles. The molecule has 6 heteroatoms. The number of carboxylic acids is 1. The maximum Gasteiger partial charge on any atom is 0.321 e. The van der Waals surface area contributed by atoms with Gasteiger partial charge in [-0.05, 0) is 42.2 Å². The van der Waals surface area contributed by atoms with Crippen LogP contribution in [0.4, 0.5) is 0 Å². The van der Waals surface area contributed by atoms with Gasteiger partial charge in [-0.15, -0.1) is 0 Å². The van der Waals surface area contributed by atoms with Crippen molar-refractivity contribution in [3.63, 3.8) is 0 Å². The number of sulfonamides is 1. The first-order valence-corrected chi connectivity index (χ1v) is 9.21. The molecule has 2 rings (SSSR count). The van der Waals surface area contributed by atoms with Gasteiger partial charge in [-0.3, -0.25) is 4.79 Å². The van der Waals surface area contributed by atoms with Crippen molar-refractivity contribution >= 4 is 16.0 Å². The summed E-state index contributed by atoms with van der Waals surface area (Å²) in [5.41, 5.74) is 2.39. The molecule has 1 aliphatic rings. The highest BCUT2D eigenvalue weighted by Crippen LogP contribution is 2.27. The van der Waals surface area contributed by atoms with Crippen LogP contribution in [0.1, 0.15) is 31.4 Å². The largest absolute Gasteiger partial charge is 0.480 e. The van der Waals surface area contributed by atoms with Crippen LogP contribution < -0.4 is 4.72 Å². The number of hydrogen-bond acceptors (Lipinski definition) is 3. The van der Waals surface area contributed by atoms with Crippen LogP contribution in [0.25, 0.3) is 0 Å². The lowest BCUT2D eigenvalue weighted by Crippen LogP contribution is -2.43. The van der Waals surface area contributed by atoms with Crippen LogP contribution in [0, 0.1) is 11.8 Å². The van der Waals surface area contributed by atoms with Gasteiger partial charge in [-0.1, -0.05) is 38.1 Å². The Morgan fingerprint density at radius 2 is 1.82 bits per heavy atom. The van der Waals surface area contributed by atoms with Crippen molar-refractivity contribution in [3.05, 3.63) is 35.4 Å². The molecular formula is C16H23NO4S. The van der Waals surface area contributed by atoms with E-state index in [1.165, 1.54) is 11.1 Å². The fourth-order valence-corrected chi connectivity index (χ4v) is 4.60. The second kappa shape index (κ2) is 6.79. The summed E-state index contributed by atoms with van der Waals surface area (Å²) in [6, 6.07) is 6.91. The van der Waals surface area contributed by atoms with Crippen LogP contribution in [-0.4, -0.2) is 31.3 Å². The molecule has 1 aromatic carbocycles. The van der Waals surface area contributed by atoms with Crippen molar-refractivity contribution in [3.8, 4) is 0 Å². The maximum absolute atomic E-state index is 12.3. The second-order valence-corrected chi connectivity index (χ2v) is 8.26. The van der Waals surface area contributed by atoms with Gasteiger partial charge in [-0.2, -0.15) is 0 Å². The van der Waals surface area contributed by atoms with Gasteiger partial charge >= 0.3 is 5.97 Å². The molecule has 122 valence electrons. The SMILES string of the molecule is CC(C)CC(NS(=O)(=O)CC1Cc2ccccc2C1)C(=O)O. The van der Waals surface area contributed by atoms with Crippen molar-refractivity contribution in [2.45, 2.75) is 39.2 Å². The Hall–Kier alpha value is -1.40. The smallest absolute Gasteiger partial charge is 0.321 e. The van der Waals surface area contributed by atoms with Crippen molar-refractivity contribution in [1.82, 2.24) is 4.72 Å². The van der Waals surface area contributed by atoms with Gasteiger partial charge in [0.25, 0.3) is 0 Å². The molecule has 0 fully saturated rings. The van der Waals surface area contributed by atoms with E-state index in [0.717, 1.165) is 12.8 Å². The van der Waals surface area contributed by atoms with Crippen LogP contribution in [0.3, 0.4) is 0 Å². The first-order valence-electron chi connectivity index (χ1n) is 7.56. The molecule has 0 saturated heterocycles. The van der Waals surface area contributed by atoms with E-state index >= 15 is 0 Å². The molecule has 1 unspecified atom stereocenters. The monoisotopic (exact) mass is 325 g/mol. The molecule has 0 heterocycles. The zero-order chi connectivity index (χ0) is 16.3. The molecule has 0 radical (unpaired) electrons. The van der Waals surface area contributed by atoms with Gasteiger partial charge in [0, 0.05) is 0 Å². The van der Waals surface area contributed by atoms with E-state index < -0.39 is 22.0 Å². The summed E-state index contributed by atoms with van der Waals surface area (Å²) in [5.74, 6) is -1.02. The van der Waals surface area contributed by atoms with E-state index in [1.54, 1.807) is 0 Å². The molecule has 2 N–H and O–H groups in total. The summed E-state index contributed by atoms with van der Waals surface area (Å²) in [5, 5.41) is 9.16. The molecule has 0 spiro atoms. The fourth-order valence-electron chi connectivity index (χ4n) is 3.01. The molecule has 0 aliphatic heterocycles. The van der Waals surface area contributed by atoms with Gasteiger partial charge < -0.3 is 5.11 Å². The van der Waals surface area contributed by atoms with Crippen molar-refractivity contribution in [2.24, 2.45) is 11.8 Å². The van der Waals surface area contributed by atoms with Gasteiger partial charge in [-0.25, -0.2) is 13.1 Å². The van der Waals surface area contributed by atoms with Crippen molar-refractivity contribution < 1.29 is 18.3 Å². The zero-order valence-electron chi connectivity index (χ0n) is 13.0. The van der Waals surface area contributed by atoms with E-state index in [0.29, 0.717) is 6.42 Å². The normalized spacial score (nSPS) is 16.7. The second-order valence-electron chi connectivity index (χ2n) is 6.46. The van der Waals surface area contributed by atoms with Gasteiger partial charge in [0.2, 0.25) is 10.0 Å². The summed E-state index contributed by atoms with van der Waals surface area (Å²) in [7, 11) is -3.60. The van der Waals surface area contributed by atoms with E-state index in [4.69, 9.17) is 5.11 Å². The minimum Gasteiger partial charge on any atom is -0.480 e. The Labute approximate surface area is 131 Å². The molecule has 1 aromatic rings. The minimum atomic E-state index is -3.60. The predicted octanol–water partition coefficient (Wildman–Crippen LogP) is 1.82.